The van der Waals surface area contributed by atoms with Crippen LogP contribution in [-0.4, -0.2) is 51.4 Å². The Morgan fingerprint density at radius 1 is 1.32 bits per heavy atom. The molecule has 0 aliphatic carbocycles. The molecule has 3 rings (SSSR count). The molecule has 1 N–H and O–H groups in total. The predicted octanol–water partition coefficient (Wildman–Crippen LogP) is 2.01. The smallest absolute Gasteiger partial charge is 0.345 e. The van der Waals surface area contributed by atoms with Crippen molar-refractivity contribution in [3.05, 3.63) is 35.0 Å². The van der Waals surface area contributed by atoms with Gasteiger partial charge in [0, 0.05) is 37.1 Å². The van der Waals surface area contributed by atoms with Gasteiger partial charge in [0.05, 0.1) is 6.54 Å². The molecular weight excluding hydrogens is 355 g/mol. The summed E-state index contributed by atoms with van der Waals surface area (Å²) in [6.45, 7) is 0.506. The van der Waals surface area contributed by atoms with Gasteiger partial charge in [-0.05, 0) is 18.9 Å². The number of hydrogen-bond acceptors (Lipinski definition) is 5. The third kappa shape index (κ3) is 4.18. The van der Waals surface area contributed by atoms with E-state index in [0.29, 0.717) is 32.5 Å². The Kier molecular flexibility index (Phi) is 5.09. The largest absolute Gasteiger partial charge is 0.405 e. The fourth-order valence-corrected chi connectivity index (χ4v) is 3.69. The first-order chi connectivity index (χ1) is 11.9. The molecule has 25 heavy (non-hydrogen) atoms. The van der Waals surface area contributed by atoms with E-state index in [2.05, 4.69) is 15.0 Å². The van der Waals surface area contributed by atoms with Gasteiger partial charge in [-0.3, -0.25) is 14.4 Å². The van der Waals surface area contributed by atoms with Gasteiger partial charge in [0.25, 0.3) is 0 Å². The zero-order valence-electron chi connectivity index (χ0n) is 13.4. The summed E-state index contributed by atoms with van der Waals surface area (Å²) in [5.74, 6) is -0.637. The molecule has 1 fully saturated rings. The molecule has 0 saturated carbocycles. The second kappa shape index (κ2) is 7.12. The number of aromatic nitrogens is 3. The Morgan fingerprint density at radius 3 is 2.64 bits per heavy atom. The highest BCUT2D eigenvalue weighted by Gasteiger charge is 2.44. The molecule has 0 radical (unpaired) electrons. The first kappa shape index (κ1) is 17.9. The van der Waals surface area contributed by atoms with Gasteiger partial charge in [0.15, 0.2) is 0 Å². The van der Waals surface area contributed by atoms with Crippen LogP contribution >= 0.6 is 11.3 Å². The van der Waals surface area contributed by atoms with E-state index < -0.39 is 24.2 Å². The van der Waals surface area contributed by atoms with Crippen molar-refractivity contribution in [2.75, 3.05) is 19.6 Å². The molecule has 1 aliphatic heterocycles. The average molecular weight is 373 g/mol. The second-order valence-corrected chi connectivity index (χ2v) is 6.96. The minimum Gasteiger partial charge on any atom is -0.345 e. The Balaban J connectivity index is 1.70. The zero-order chi connectivity index (χ0) is 17.9. The summed E-state index contributed by atoms with van der Waals surface area (Å²) in [4.78, 5) is 19.0. The molecule has 0 spiro atoms. The number of carbonyl (C=O) groups excluding carboxylic acids is 1. The number of amides is 1. The maximum Gasteiger partial charge on any atom is 0.405 e. The Morgan fingerprint density at radius 2 is 2.08 bits per heavy atom. The lowest BCUT2D eigenvalue weighted by Gasteiger charge is -2.40. The summed E-state index contributed by atoms with van der Waals surface area (Å²) < 4.78 is 38.9. The molecule has 0 bridgehead atoms. The van der Waals surface area contributed by atoms with E-state index in [-0.39, 0.29) is 0 Å². The SMILES string of the molecule is O=C(NCC(F)(F)F)C1(n2cccn2)CCN(Cc2nccs2)CC1. The maximum atomic E-state index is 12.6. The number of likely N-dealkylation sites (tertiary alicyclic amines) is 1. The van der Waals surface area contributed by atoms with Crippen molar-refractivity contribution in [1.82, 2.24) is 25.0 Å². The van der Waals surface area contributed by atoms with Gasteiger partial charge in [0.2, 0.25) is 5.91 Å². The monoisotopic (exact) mass is 373 g/mol. The number of nitrogens with zero attached hydrogens (tertiary/aromatic N) is 4. The summed E-state index contributed by atoms with van der Waals surface area (Å²) in [7, 11) is 0. The van der Waals surface area contributed by atoms with E-state index in [0.717, 1.165) is 5.01 Å². The van der Waals surface area contributed by atoms with Crippen molar-refractivity contribution >= 4 is 17.2 Å². The van der Waals surface area contributed by atoms with E-state index in [1.165, 1.54) is 10.9 Å². The Hall–Kier alpha value is -1.94. The van der Waals surface area contributed by atoms with Crippen LogP contribution < -0.4 is 5.32 Å². The molecule has 2 aromatic rings. The molecule has 6 nitrogen and oxygen atoms in total. The second-order valence-electron chi connectivity index (χ2n) is 5.98. The van der Waals surface area contributed by atoms with Crippen molar-refractivity contribution in [2.24, 2.45) is 0 Å². The number of rotatable bonds is 5. The minimum atomic E-state index is -4.44. The lowest BCUT2D eigenvalue weighted by atomic mass is 9.86. The number of halogens is 3. The molecule has 136 valence electrons. The summed E-state index contributed by atoms with van der Waals surface area (Å²) in [6, 6.07) is 1.67. The number of nitrogens with one attached hydrogen (secondary N) is 1. The Bertz CT molecular complexity index is 679. The topological polar surface area (TPSA) is 63.1 Å². The van der Waals surface area contributed by atoms with Crippen LogP contribution in [0, 0.1) is 0 Å². The average Bonchev–Trinajstić information content (AvgIpc) is 3.26. The minimum absolute atomic E-state index is 0.393. The number of piperidine rings is 1. The fraction of sp³-hybridized carbons (Fsp3) is 0.533. The molecule has 3 heterocycles. The van der Waals surface area contributed by atoms with Gasteiger partial charge in [-0.1, -0.05) is 0 Å². The van der Waals surface area contributed by atoms with Crippen LogP contribution in [0.25, 0.3) is 0 Å². The summed E-state index contributed by atoms with van der Waals surface area (Å²) >= 11 is 1.56. The van der Waals surface area contributed by atoms with Crippen LogP contribution in [0.2, 0.25) is 0 Å². The maximum absolute atomic E-state index is 12.6. The lowest BCUT2D eigenvalue weighted by Crippen LogP contribution is -2.56. The van der Waals surface area contributed by atoms with Crippen molar-refractivity contribution in [1.29, 1.82) is 0 Å². The number of carbonyl (C=O) groups is 1. The molecule has 1 aliphatic rings. The van der Waals surface area contributed by atoms with Gasteiger partial charge >= 0.3 is 6.18 Å². The lowest BCUT2D eigenvalue weighted by molar-refractivity contribution is -0.146. The number of alkyl halides is 3. The first-order valence-corrected chi connectivity index (χ1v) is 8.73. The highest BCUT2D eigenvalue weighted by molar-refractivity contribution is 7.09. The van der Waals surface area contributed by atoms with Crippen LogP contribution in [0.3, 0.4) is 0 Å². The molecule has 0 unspecified atom stereocenters. The predicted molar refractivity (Wildman–Crippen MR) is 85.9 cm³/mol. The van der Waals surface area contributed by atoms with Crippen LogP contribution in [-0.2, 0) is 16.9 Å². The van der Waals surface area contributed by atoms with Crippen molar-refractivity contribution < 1.29 is 18.0 Å². The molecule has 10 heteroatoms. The first-order valence-electron chi connectivity index (χ1n) is 7.85. The number of thiazole rings is 1. The summed E-state index contributed by atoms with van der Waals surface area (Å²) in [5.41, 5.74) is -1.09. The standard InChI is InChI=1S/C15H18F3N5OS/c16-15(17,18)11-20-13(24)14(23-6-1-4-21-23)2-7-22(8-3-14)10-12-19-5-9-25-12/h1,4-6,9H,2-3,7-8,10-11H2,(H,20,24). The van der Waals surface area contributed by atoms with Crippen LogP contribution in [0.1, 0.15) is 17.8 Å². The third-order valence-corrected chi connectivity index (χ3v) is 5.10. The quantitative estimate of drug-likeness (QED) is 0.871. The Labute approximate surface area is 146 Å². The van der Waals surface area contributed by atoms with Crippen molar-refractivity contribution in [3.63, 3.8) is 0 Å². The summed E-state index contributed by atoms with van der Waals surface area (Å²) in [5, 5.41) is 9.03. The molecule has 1 amide bonds. The molecule has 1 saturated heterocycles. The molecule has 0 atom stereocenters. The van der Waals surface area contributed by atoms with E-state index in [1.54, 1.807) is 29.8 Å². The number of hydrogen-bond donors (Lipinski definition) is 1. The van der Waals surface area contributed by atoms with E-state index >= 15 is 0 Å². The van der Waals surface area contributed by atoms with E-state index in [4.69, 9.17) is 0 Å². The van der Waals surface area contributed by atoms with Crippen LogP contribution in [0.4, 0.5) is 13.2 Å². The van der Waals surface area contributed by atoms with Crippen molar-refractivity contribution in [3.8, 4) is 0 Å². The van der Waals surface area contributed by atoms with Gasteiger partial charge < -0.3 is 5.32 Å². The normalized spacial score (nSPS) is 18.2. The van der Waals surface area contributed by atoms with Gasteiger partial charge in [-0.15, -0.1) is 11.3 Å². The molecule has 0 aromatic carbocycles. The van der Waals surface area contributed by atoms with Gasteiger partial charge in [-0.2, -0.15) is 18.3 Å². The van der Waals surface area contributed by atoms with Gasteiger partial charge in [-0.25, -0.2) is 4.98 Å². The zero-order valence-corrected chi connectivity index (χ0v) is 14.2. The van der Waals surface area contributed by atoms with E-state index in [1.807, 2.05) is 10.7 Å². The van der Waals surface area contributed by atoms with Crippen LogP contribution in [0.15, 0.2) is 30.0 Å². The molecule has 2 aromatic heterocycles. The highest BCUT2D eigenvalue weighted by Crippen LogP contribution is 2.31. The third-order valence-electron chi connectivity index (χ3n) is 4.34. The van der Waals surface area contributed by atoms with Gasteiger partial charge in [0.1, 0.15) is 17.1 Å². The van der Waals surface area contributed by atoms with Crippen LogP contribution in [0.5, 0.6) is 0 Å². The highest BCUT2D eigenvalue weighted by atomic mass is 32.1. The summed E-state index contributed by atoms with van der Waals surface area (Å²) in [6.07, 6.45) is 1.24. The van der Waals surface area contributed by atoms with E-state index in [9.17, 15) is 18.0 Å². The fourth-order valence-electron chi connectivity index (χ4n) is 3.03. The molecular formula is C15H18F3N5OS. The van der Waals surface area contributed by atoms with Crippen molar-refractivity contribution in [2.45, 2.75) is 31.1 Å².